The van der Waals surface area contributed by atoms with Crippen LogP contribution in [0.25, 0.3) is 0 Å². The molecule has 1 amide bonds. The zero-order valence-electron chi connectivity index (χ0n) is 8.30. The number of likely N-dealkylation sites (tertiary alicyclic amines) is 1. The summed E-state index contributed by atoms with van der Waals surface area (Å²) in [5.41, 5.74) is 0.525. The van der Waals surface area contributed by atoms with Crippen molar-refractivity contribution in [2.24, 2.45) is 0 Å². The molecule has 78 valence electrons. The van der Waals surface area contributed by atoms with Crippen molar-refractivity contribution in [3.8, 4) is 0 Å². The first-order valence-electron chi connectivity index (χ1n) is 5.20. The van der Waals surface area contributed by atoms with Crippen molar-refractivity contribution in [2.75, 3.05) is 13.1 Å². The van der Waals surface area contributed by atoms with E-state index in [9.17, 15) is 4.79 Å². The van der Waals surface area contributed by atoms with E-state index in [1.54, 1.807) is 12.3 Å². The quantitative estimate of drug-likeness (QED) is 0.632. The van der Waals surface area contributed by atoms with Crippen LogP contribution in [0.15, 0.2) is 24.4 Å². The lowest BCUT2D eigenvalue weighted by Crippen LogP contribution is -2.39. The highest BCUT2D eigenvalue weighted by atomic mass is 16.6. The van der Waals surface area contributed by atoms with E-state index in [1.807, 2.05) is 17.0 Å². The van der Waals surface area contributed by atoms with Crippen LogP contribution in [0.4, 0.5) is 0 Å². The Bertz CT molecular complexity index is 379. The smallest absolute Gasteiger partial charge is 0.272 e. The molecular weight excluding hydrogens is 192 g/mol. The van der Waals surface area contributed by atoms with Crippen molar-refractivity contribution in [3.63, 3.8) is 0 Å². The average Bonchev–Trinajstić information content (AvgIpc) is 3.07. The van der Waals surface area contributed by atoms with Crippen LogP contribution in [0.1, 0.15) is 16.9 Å². The van der Waals surface area contributed by atoms with Gasteiger partial charge < -0.3 is 9.64 Å². The number of hydrogen-bond acceptors (Lipinski definition) is 3. The van der Waals surface area contributed by atoms with E-state index >= 15 is 0 Å². The zero-order valence-corrected chi connectivity index (χ0v) is 8.30. The number of rotatable bonds is 1. The highest BCUT2D eigenvalue weighted by molar-refractivity contribution is 5.92. The van der Waals surface area contributed by atoms with Crippen molar-refractivity contribution in [2.45, 2.75) is 18.6 Å². The Hall–Kier alpha value is -1.42. The largest absolute Gasteiger partial charge is 0.368 e. The monoisotopic (exact) mass is 204 g/mol. The number of piperidine rings is 1. The molecule has 1 aromatic heterocycles. The van der Waals surface area contributed by atoms with E-state index in [0.29, 0.717) is 11.8 Å². The van der Waals surface area contributed by atoms with Gasteiger partial charge in [0, 0.05) is 19.3 Å². The van der Waals surface area contributed by atoms with Crippen molar-refractivity contribution >= 4 is 5.91 Å². The number of epoxide rings is 1. The molecule has 2 aliphatic heterocycles. The van der Waals surface area contributed by atoms with Gasteiger partial charge in [-0.15, -0.1) is 0 Å². The first kappa shape index (κ1) is 8.85. The van der Waals surface area contributed by atoms with E-state index < -0.39 is 0 Å². The standard InChI is InChI=1S/C11H12N2O2/c14-11(8-3-1-2-5-12-8)13-6-4-9-10(7-13)15-9/h1-3,5,9-10H,4,6-7H2/t9-,10-/m1/s1. The van der Waals surface area contributed by atoms with Gasteiger partial charge in [-0.1, -0.05) is 6.07 Å². The maximum Gasteiger partial charge on any atom is 0.272 e. The van der Waals surface area contributed by atoms with Crippen LogP contribution in [0.3, 0.4) is 0 Å². The predicted octanol–water partition coefficient (Wildman–Crippen LogP) is 0.695. The molecule has 0 radical (unpaired) electrons. The molecule has 15 heavy (non-hydrogen) atoms. The number of aromatic nitrogens is 1. The van der Waals surface area contributed by atoms with E-state index in [0.717, 1.165) is 19.5 Å². The molecule has 0 aliphatic carbocycles. The average molecular weight is 204 g/mol. The summed E-state index contributed by atoms with van der Waals surface area (Å²) in [7, 11) is 0. The van der Waals surface area contributed by atoms with Crippen LogP contribution < -0.4 is 0 Å². The van der Waals surface area contributed by atoms with Gasteiger partial charge in [0.2, 0.25) is 0 Å². The lowest BCUT2D eigenvalue weighted by molar-refractivity contribution is 0.0730. The van der Waals surface area contributed by atoms with E-state index in [4.69, 9.17) is 4.74 Å². The van der Waals surface area contributed by atoms with E-state index in [2.05, 4.69) is 4.98 Å². The van der Waals surface area contributed by atoms with Gasteiger partial charge in [-0.2, -0.15) is 0 Å². The molecule has 0 spiro atoms. The third-order valence-electron chi connectivity index (χ3n) is 2.94. The molecule has 2 fully saturated rings. The molecular formula is C11H12N2O2. The molecule has 0 bridgehead atoms. The van der Waals surface area contributed by atoms with Crippen molar-refractivity contribution < 1.29 is 9.53 Å². The van der Waals surface area contributed by atoms with E-state index in [1.165, 1.54) is 0 Å². The summed E-state index contributed by atoms with van der Waals surface area (Å²) in [6.07, 6.45) is 3.31. The summed E-state index contributed by atoms with van der Waals surface area (Å²) in [5, 5.41) is 0. The van der Waals surface area contributed by atoms with Crippen LogP contribution in [0.2, 0.25) is 0 Å². The molecule has 0 N–H and O–H groups in total. The number of fused-ring (bicyclic) bond motifs is 1. The number of hydrogen-bond donors (Lipinski definition) is 0. The number of ether oxygens (including phenoxy) is 1. The van der Waals surface area contributed by atoms with E-state index in [-0.39, 0.29) is 12.0 Å². The molecule has 2 aliphatic rings. The first-order valence-corrected chi connectivity index (χ1v) is 5.20. The molecule has 0 aromatic carbocycles. The Balaban J connectivity index is 1.74. The summed E-state index contributed by atoms with van der Waals surface area (Å²) >= 11 is 0. The summed E-state index contributed by atoms with van der Waals surface area (Å²) in [5.74, 6) is 0.0181. The van der Waals surface area contributed by atoms with Crippen LogP contribution in [0, 0.1) is 0 Å². The second kappa shape index (κ2) is 3.31. The van der Waals surface area contributed by atoms with Crippen molar-refractivity contribution in [1.82, 2.24) is 9.88 Å². The minimum atomic E-state index is 0.0181. The molecule has 4 nitrogen and oxygen atoms in total. The van der Waals surface area contributed by atoms with Gasteiger partial charge in [-0.25, -0.2) is 0 Å². The molecule has 4 heteroatoms. The summed E-state index contributed by atoms with van der Waals surface area (Å²) in [6.45, 7) is 1.51. The third kappa shape index (κ3) is 1.61. The number of carbonyl (C=O) groups excluding carboxylic acids is 1. The molecule has 0 unspecified atom stereocenters. The number of nitrogens with zero attached hydrogens (tertiary/aromatic N) is 2. The Morgan fingerprint density at radius 1 is 1.47 bits per heavy atom. The predicted molar refractivity (Wildman–Crippen MR) is 53.4 cm³/mol. The lowest BCUT2D eigenvalue weighted by atomic mass is 10.1. The highest BCUT2D eigenvalue weighted by Crippen LogP contribution is 2.30. The van der Waals surface area contributed by atoms with Gasteiger partial charge in [-0.3, -0.25) is 9.78 Å². The molecule has 1 aromatic rings. The SMILES string of the molecule is O=C(c1ccccn1)N1CC[C@H]2O[C@@H]2C1. The maximum absolute atomic E-state index is 12.0. The first-order chi connectivity index (χ1) is 7.34. The maximum atomic E-state index is 12.0. The Labute approximate surface area is 87.9 Å². The minimum Gasteiger partial charge on any atom is -0.368 e. The number of carbonyl (C=O) groups is 1. The Morgan fingerprint density at radius 2 is 2.40 bits per heavy atom. The molecule has 2 atom stereocenters. The minimum absolute atomic E-state index is 0.0181. The number of amides is 1. The van der Waals surface area contributed by atoms with Crippen LogP contribution in [-0.4, -0.2) is 41.1 Å². The number of pyridine rings is 1. The highest BCUT2D eigenvalue weighted by Gasteiger charge is 2.44. The Morgan fingerprint density at radius 3 is 3.13 bits per heavy atom. The van der Waals surface area contributed by atoms with Crippen LogP contribution >= 0.6 is 0 Å². The molecule has 0 saturated carbocycles. The van der Waals surface area contributed by atoms with Gasteiger partial charge in [-0.05, 0) is 18.6 Å². The van der Waals surface area contributed by atoms with Gasteiger partial charge in [0.15, 0.2) is 0 Å². The van der Waals surface area contributed by atoms with Crippen LogP contribution in [-0.2, 0) is 4.74 Å². The fourth-order valence-corrected chi connectivity index (χ4v) is 2.02. The molecule has 3 rings (SSSR count). The van der Waals surface area contributed by atoms with Gasteiger partial charge in [0.05, 0.1) is 6.10 Å². The normalized spacial score (nSPS) is 28.4. The zero-order chi connectivity index (χ0) is 10.3. The molecule has 3 heterocycles. The Kier molecular flexibility index (Phi) is 1.95. The van der Waals surface area contributed by atoms with Crippen molar-refractivity contribution in [1.29, 1.82) is 0 Å². The second-order valence-electron chi connectivity index (χ2n) is 3.97. The van der Waals surface area contributed by atoms with Crippen molar-refractivity contribution in [3.05, 3.63) is 30.1 Å². The lowest BCUT2D eigenvalue weighted by Gasteiger charge is -2.23. The van der Waals surface area contributed by atoms with Crippen LogP contribution in [0.5, 0.6) is 0 Å². The summed E-state index contributed by atoms with van der Waals surface area (Å²) < 4.78 is 5.38. The fourth-order valence-electron chi connectivity index (χ4n) is 2.02. The van der Waals surface area contributed by atoms with Gasteiger partial charge >= 0.3 is 0 Å². The summed E-state index contributed by atoms with van der Waals surface area (Å²) in [4.78, 5) is 17.9. The van der Waals surface area contributed by atoms with Gasteiger partial charge in [0.1, 0.15) is 11.8 Å². The second-order valence-corrected chi connectivity index (χ2v) is 3.97. The fraction of sp³-hybridized carbons (Fsp3) is 0.455. The summed E-state index contributed by atoms with van der Waals surface area (Å²) in [6, 6.07) is 5.40. The topological polar surface area (TPSA) is 45.7 Å². The van der Waals surface area contributed by atoms with Gasteiger partial charge in [0.25, 0.3) is 5.91 Å². The molecule has 2 saturated heterocycles. The third-order valence-corrected chi connectivity index (χ3v) is 2.94.